The molecule has 0 spiro atoms. The van der Waals surface area contributed by atoms with Gasteiger partial charge in [0.1, 0.15) is 6.29 Å². The summed E-state index contributed by atoms with van der Waals surface area (Å²) in [6.45, 7) is 5.30. The third-order valence-corrected chi connectivity index (χ3v) is 8.38. The molecule has 1 rings (SSSR count). The quantitative estimate of drug-likeness (QED) is 0.0839. The van der Waals surface area contributed by atoms with E-state index in [1.165, 1.54) is 116 Å². The third-order valence-electron chi connectivity index (χ3n) is 8.38. The van der Waals surface area contributed by atoms with Crippen LogP contribution in [0, 0.1) is 5.92 Å². The molecule has 2 N–H and O–H groups in total. The summed E-state index contributed by atoms with van der Waals surface area (Å²) in [6, 6.07) is 0.562. The molecule has 0 heterocycles. The van der Waals surface area contributed by atoms with Crippen molar-refractivity contribution in [2.75, 3.05) is 6.54 Å². The van der Waals surface area contributed by atoms with Crippen LogP contribution in [0.5, 0.6) is 0 Å². The molecule has 4 nitrogen and oxygen atoms in total. The Morgan fingerprint density at radius 1 is 0.676 bits per heavy atom. The number of carbonyl (C=O) groups is 2. The Hall–Kier alpha value is -0.900. The van der Waals surface area contributed by atoms with Gasteiger partial charge >= 0.3 is 0 Å². The lowest BCUT2D eigenvalue weighted by atomic mass is 10.00. The zero-order chi connectivity index (χ0) is 26.8. The highest BCUT2D eigenvalue weighted by molar-refractivity contribution is 5.76. The maximum absolute atomic E-state index is 12.5. The van der Waals surface area contributed by atoms with Crippen LogP contribution in [0.25, 0.3) is 0 Å². The van der Waals surface area contributed by atoms with Gasteiger partial charge in [0.25, 0.3) is 0 Å². The van der Waals surface area contributed by atoms with Crippen molar-refractivity contribution in [3.63, 3.8) is 0 Å². The van der Waals surface area contributed by atoms with Crippen LogP contribution in [0.4, 0.5) is 0 Å². The average molecular weight is 521 g/mol. The molecular formula is C33H64N2O2. The zero-order valence-corrected chi connectivity index (χ0v) is 25.0. The molecule has 218 valence electrons. The fraction of sp³-hybridized carbons (Fsp3) is 0.939. The van der Waals surface area contributed by atoms with E-state index in [9.17, 15) is 9.59 Å². The van der Waals surface area contributed by atoms with E-state index in [2.05, 4.69) is 24.5 Å². The van der Waals surface area contributed by atoms with E-state index in [0.29, 0.717) is 12.5 Å². The van der Waals surface area contributed by atoms with Crippen molar-refractivity contribution in [3.05, 3.63) is 0 Å². The van der Waals surface area contributed by atoms with E-state index in [4.69, 9.17) is 0 Å². The molecule has 0 aromatic rings. The molecule has 0 bridgehead atoms. The fourth-order valence-corrected chi connectivity index (χ4v) is 5.84. The number of unbranched alkanes of at least 4 members (excludes halogenated alkanes) is 18. The molecule has 0 radical (unpaired) electrons. The van der Waals surface area contributed by atoms with Gasteiger partial charge in [-0.15, -0.1) is 0 Å². The second-order valence-corrected chi connectivity index (χ2v) is 11.9. The first kappa shape index (κ1) is 34.1. The minimum Gasteiger partial charge on any atom is -0.352 e. The van der Waals surface area contributed by atoms with Crippen LogP contribution in [-0.2, 0) is 9.59 Å². The third kappa shape index (κ3) is 19.8. The average Bonchev–Trinajstić information content (AvgIpc) is 3.34. The standard InChI is InChI=1S/C33H64N2O2/c1-3-5-7-9-11-13-14-16-18-20-22-27-33(37)35-32-26-23-25-31(32)34-28-30(29-36)24-21-19-17-15-12-10-8-6-4-2/h29-32,34H,3-28H2,1-2H3,(H,35,37). The molecule has 4 heteroatoms. The molecule has 1 fully saturated rings. The summed E-state index contributed by atoms with van der Waals surface area (Å²) in [4.78, 5) is 24.1. The number of rotatable bonds is 27. The molecule has 1 saturated carbocycles. The van der Waals surface area contributed by atoms with Crippen molar-refractivity contribution >= 4 is 12.2 Å². The molecule has 37 heavy (non-hydrogen) atoms. The predicted octanol–water partition coefficient (Wildman–Crippen LogP) is 9.05. The van der Waals surface area contributed by atoms with Gasteiger partial charge < -0.3 is 15.4 Å². The summed E-state index contributed by atoms with van der Waals surface area (Å²) in [5, 5.41) is 6.94. The smallest absolute Gasteiger partial charge is 0.220 e. The number of nitrogens with one attached hydrogen (secondary N) is 2. The fourth-order valence-electron chi connectivity index (χ4n) is 5.84. The van der Waals surface area contributed by atoms with Gasteiger partial charge in [-0.1, -0.05) is 136 Å². The Labute approximate surface area is 231 Å². The van der Waals surface area contributed by atoms with Crippen molar-refractivity contribution in [1.82, 2.24) is 10.6 Å². The predicted molar refractivity (Wildman–Crippen MR) is 160 cm³/mol. The van der Waals surface area contributed by atoms with Crippen LogP contribution in [0.1, 0.15) is 174 Å². The van der Waals surface area contributed by atoms with E-state index in [1.807, 2.05) is 0 Å². The molecule has 3 unspecified atom stereocenters. The van der Waals surface area contributed by atoms with Gasteiger partial charge in [-0.3, -0.25) is 4.79 Å². The lowest BCUT2D eigenvalue weighted by molar-refractivity contribution is -0.122. The highest BCUT2D eigenvalue weighted by atomic mass is 16.1. The van der Waals surface area contributed by atoms with E-state index >= 15 is 0 Å². The van der Waals surface area contributed by atoms with Crippen molar-refractivity contribution in [2.24, 2.45) is 5.92 Å². The lowest BCUT2D eigenvalue weighted by Crippen LogP contribution is -2.47. The minimum absolute atomic E-state index is 0.109. The van der Waals surface area contributed by atoms with E-state index < -0.39 is 0 Å². The second-order valence-electron chi connectivity index (χ2n) is 11.9. The van der Waals surface area contributed by atoms with E-state index in [1.54, 1.807) is 0 Å². The number of hydrogen-bond acceptors (Lipinski definition) is 3. The Balaban J connectivity index is 2.05. The molecule has 0 aliphatic heterocycles. The van der Waals surface area contributed by atoms with Crippen LogP contribution in [0.15, 0.2) is 0 Å². The minimum atomic E-state index is 0.109. The molecule has 0 aromatic carbocycles. The zero-order valence-electron chi connectivity index (χ0n) is 25.0. The molecule has 1 aliphatic rings. The summed E-state index contributed by atoms with van der Waals surface area (Å²) in [5.41, 5.74) is 0. The van der Waals surface area contributed by atoms with Gasteiger partial charge in [0, 0.05) is 31.0 Å². The SMILES string of the molecule is CCCCCCCCCCCCCC(=O)NC1CCCC1NCC(C=O)CCCCCCCCCCC. The number of hydrogen-bond donors (Lipinski definition) is 2. The van der Waals surface area contributed by atoms with Gasteiger partial charge in [0.05, 0.1) is 0 Å². The number of amides is 1. The van der Waals surface area contributed by atoms with Gasteiger partial charge in [-0.25, -0.2) is 0 Å². The second kappa shape index (κ2) is 25.4. The van der Waals surface area contributed by atoms with Crippen molar-refractivity contribution < 1.29 is 9.59 Å². The van der Waals surface area contributed by atoms with Crippen LogP contribution in [-0.4, -0.2) is 30.8 Å². The summed E-state index contributed by atoms with van der Waals surface area (Å²) in [7, 11) is 0. The highest BCUT2D eigenvalue weighted by Gasteiger charge is 2.28. The van der Waals surface area contributed by atoms with Crippen LogP contribution < -0.4 is 10.6 Å². The maximum atomic E-state index is 12.5. The molecule has 0 saturated heterocycles. The van der Waals surface area contributed by atoms with Crippen LogP contribution >= 0.6 is 0 Å². The van der Waals surface area contributed by atoms with Crippen LogP contribution in [0.2, 0.25) is 0 Å². The van der Waals surface area contributed by atoms with Gasteiger partial charge in [0.15, 0.2) is 0 Å². The normalized spacial score (nSPS) is 18.2. The summed E-state index contributed by atoms with van der Waals surface area (Å²) in [5.74, 6) is 0.328. The Kier molecular flexibility index (Phi) is 23.4. The maximum Gasteiger partial charge on any atom is 0.220 e. The van der Waals surface area contributed by atoms with E-state index in [-0.39, 0.29) is 17.9 Å². The first-order chi connectivity index (χ1) is 18.2. The number of aldehydes is 1. The monoisotopic (exact) mass is 520 g/mol. The highest BCUT2D eigenvalue weighted by Crippen LogP contribution is 2.21. The molecule has 1 aliphatic carbocycles. The van der Waals surface area contributed by atoms with Crippen molar-refractivity contribution in [1.29, 1.82) is 0 Å². The lowest BCUT2D eigenvalue weighted by Gasteiger charge is -2.24. The van der Waals surface area contributed by atoms with Gasteiger partial charge in [-0.05, 0) is 32.1 Å². The van der Waals surface area contributed by atoms with Crippen LogP contribution in [0.3, 0.4) is 0 Å². The van der Waals surface area contributed by atoms with Gasteiger partial charge in [0.2, 0.25) is 5.91 Å². The first-order valence-corrected chi connectivity index (χ1v) is 16.7. The van der Waals surface area contributed by atoms with E-state index in [0.717, 1.165) is 51.4 Å². The summed E-state index contributed by atoms with van der Waals surface area (Å²) >= 11 is 0. The molecule has 0 aromatic heterocycles. The molecular weight excluding hydrogens is 456 g/mol. The summed E-state index contributed by atoms with van der Waals surface area (Å²) in [6.07, 6.45) is 32.4. The summed E-state index contributed by atoms with van der Waals surface area (Å²) < 4.78 is 0. The largest absolute Gasteiger partial charge is 0.352 e. The number of carbonyl (C=O) groups excluding carboxylic acids is 2. The van der Waals surface area contributed by atoms with Gasteiger partial charge in [-0.2, -0.15) is 0 Å². The Morgan fingerprint density at radius 2 is 1.14 bits per heavy atom. The Morgan fingerprint density at radius 3 is 1.65 bits per heavy atom. The molecule has 3 atom stereocenters. The van der Waals surface area contributed by atoms with Crippen molar-refractivity contribution in [3.8, 4) is 0 Å². The topological polar surface area (TPSA) is 58.2 Å². The first-order valence-electron chi connectivity index (χ1n) is 16.7. The Bertz CT molecular complexity index is 524. The molecule has 1 amide bonds. The van der Waals surface area contributed by atoms with Crippen molar-refractivity contribution in [2.45, 2.75) is 186 Å².